The van der Waals surface area contributed by atoms with Crippen LogP contribution in [0.5, 0.6) is 0 Å². The fraction of sp³-hybridized carbons (Fsp3) is 0.529. The Balaban J connectivity index is 1.84. The van der Waals surface area contributed by atoms with E-state index in [1.165, 1.54) is 12.8 Å². The van der Waals surface area contributed by atoms with E-state index in [2.05, 4.69) is 23.3 Å². The number of rotatable bonds is 5. The molecule has 4 nitrogen and oxygen atoms in total. The van der Waals surface area contributed by atoms with Crippen molar-refractivity contribution in [3.05, 3.63) is 35.9 Å². The fourth-order valence-corrected chi connectivity index (χ4v) is 2.79. The zero-order chi connectivity index (χ0) is 15.1. The van der Waals surface area contributed by atoms with Crippen LogP contribution in [0.1, 0.15) is 24.8 Å². The largest absolute Gasteiger partial charge is 0.353 e. The van der Waals surface area contributed by atoms with Crippen LogP contribution >= 0.6 is 0 Å². The van der Waals surface area contributed by atoms with Crippen molar-refractivity contribution in [3.8, 4) is 6.07 Å². The Kier molecular flexibility index (Phi) is 5.77. The second-order valence-corrected chi connectivity index (χ2v) is 5.75. The Morgan fingerprint density at radius 2 is 2.19 bits per heavy atom. The summed E-state index contributed by atoms with van der Waals surface area (Å²) in [5, 5.41) is 12.2. The van der Waals surface area contributed by atoms with Crippen molar-refractivity contribution in [1.29, 1.82) is 5.26 Å². The van der Waals surface area contributed by atoms with E-state index in [4.69, 9.17) is 0 Å². The number of hydrogen-bond acceptors (Lipinski definition) is 3. The summed E-state index contributed by atoms with van der Waals surface area (Å²) in [6, 6.07) is 12.2. The Bertz CT molecular complexity index is 495. The molecule has 0 aromatic heterocycles. The number of hydrogen-bond donors (Lipinski definition) is 1. The van der Waals surface area contributed by atoms with Crippen molar-refractivity contribution in [1.82, 2.24) is 10.2 Å². The number of nitriles is 1. The van der Waals surface area contributed by atoms with Gasteiger partial charge >= 0.3 is 0 Å². The highest BCUT2D eigenvalue weighted by molar-refractivity contribution is 5.81. The molecule has 0 radical (unpaired) electrons. The average molecular weight is 285 g/mol. The number of likely N-dealkylation sites (N-methyl/N-ethyl adjacent to an activating group) is 1. The molecule has 1 aliphatic rings. The summed E-state index contributed by atoms with van der Waals surface area (Å²) in [5.41, 5.74) is 1.02. The molecule has 0 aliphatic carbocycles. The highest BCUT2D eigenvalue weighted by Crippen LogP contribution is 2.14. The van der Waals surface area contributed by atoms with Gasteiger partial charge in [-0.15, -0.1) is 0 Å². The van der Waals surface area contributed by atoms with Crippen LogP contribution in [0.25, 0.3) is 0 Å². The van der Waals surface area contributed by atoms with Gasteiger partial charge in [0.05, 0.1) is 6.07 Å². The van der Waals surface area contributed by atoms with Gasteiger partial charge < -0.3 is 10.2 Å². The minimum Gasteiger partial charge on any atom is -0.353 e. The molecule has 0 saturated carbocycles. The fourth-order valence-electron chi connectivity index (χ4n) is 2.79. The first-order chi connectivity index (χ1) is 10.2. The summed E-state index contributed by atoms with van der Waals surface area (Å²) in [7, 11) is 2.10. The van der Waals surface area contributed by atoms with Crippen LogP contribution in [0, 0.1) is 17.2 Å². The molecule has 1 heterocycles. The van der Waals surface area contributed by atoms with Gasteiger partial charge in [-0.2, -0.15) is 5.26 Å². The molecular formula is C17H23N3O. The van der Waals surface area contributed by atoms with Crippen molar-refractivity contribution < 1.29 is 4.79 Å². The van der Waals surface area contributed by atoms with Crippen LogP contribution in [0.2, 0.25) is 0 Å². The zero-order valence-corrected chi connectivity index (χ0v) is 12.6. The molecule has 1 saturated heterocycles. The van der Waals surface area contributed by atoms with Crippen LogP contribution in [-0.2, 0) is 11.2 Å². The summed E-state index contributed by atoms with van der Waals surface area (Å²) in [6.07, 6.45) is 4.04. The third-order valence-electron chi connectivity index (χ3n) is 4.19. The highest BCUT2D eigenvalue weighted by atomic mass is 16.1. The predicted octanol–water partition coefficient (Wildman–Crippen LogP) is 1.97. The molecule has 0 spiro atoms. The lowest BCUT2D eigenvalue weighted by Crippen LogP contribution is -2.45. The van der Waals surface area contributed by atoms with Crippen molar-refractivity contribution in [2.75, 3.05) is 20.1 Å². The number of nitrogens with zero attached hydrogens (tertiary/aromatic N) is 2. The zero-order valence-electron chi connectivity index (χ0n) is 12.6. The van der Waals surface area contributed by atoms with Gasteiger partial charge in [0, 0.05) is 12.6 Å². The second kappa shape index (κ2) is 7.80. The van der Waals surface area contributed by atoms with E-state index < -0.39 is 5.92 Å². The number of benzene rings is 1. The van der Waals surface area contributed by atoms with Crippen molar-refractivity contribution in [2.45, 2.75) is 31.7 Å². The highest BCUT2D eigenvalue weighted by Gasteiger charge is 2.22. The second-order valence-electron chi connectivity index (χ2n) is 5.75. The minimum atomic E-state index is -0.610. The smallest absolute Gasteiger partial charge is 0.237 e. The third kappa shape index (κ3) is 4.57. The number of carbonyl (C=O) groups is 1. The van der Waals surface area contributed by atoms with E-state index in [9.17, 15) is 10.1 Å². The maximum atomic E-state index is 12.2. The lowest BCUT2D eigenvalue weighted by molar-refractivity contribution is -0.123. The average Bonchev–Trinajstić information content (AvgIpc) is 2.52. The molecule has 2 rings (SSSR count). The molecule has 1 fully saturated rings. The van der Waals surface area contributed by atoms with E-state index in [-0.39, 0.29) is 5.91 Å². The van der Waals surface area contributed by atoms with Gasteiger partial charge in [-0.05, 0) is 38.4 Å². The molecule has 112 valence electrons. The molecule has 1 amide bonds. The molecular weight excluding hydrogens is 262 g/mol. The molecule has 1 aromatic carbocycles. The molecule has 4 heteroatoms. The monoisotopic (exact) mass is 285 g/mol. The Morgan fingerprint density at radius 3 is 2.86 bits per heavy atom. The Labute approximate surface area is 126 Å². The topological polar surface area (TPSA) is 56.1 Å². The summed E-state index contributed by atoms with van der Waals surface area (Å²) < 4.78 is 0. The Morgan fingerprint density at radius 1 is 1.43 bits per heavy atom. The van der Waals surface area contributed by atoms with Gasteiger partial charge in [0.2, 0.25) is 5.91 Å². The Hall–Kier alpha value is -1.86. The van der Waals surface area contributed by atoms with E-state index >= 15 is 0 Å². The standard InChI is InChI=1S/C17H23N3O/c1-20-10-6-5-9-16(20)13-19-17(21)15(12-18)11-14-7-3-2-4-8-14/h2-4,7-8,15-16H,5-6,9-11,13H2,1H3,(H,19,21). The van der Waals surface area contributed by atoms with Crippen molar-refractivity contribution in [2.24, 2.45) is 5.92 Å². The molecule has 2 unspecified atom stereocenters. The van der Waals surface area contributed by atoms with E-state index in [0.717, 1.165) is 18.5 Å². The lowest BCUT2D eigenvalue weighted by atomic mass is 9.99. The first kappa shape index (κ1) is 15.5. The lowest BCUT2D eigenvalue weighted by Gasteiger charge is -2.32. The summed E-state index contributed by atoms with van der Waals surface area (Å²) in [6.45, 7) is 1.73. The van der Waals surface area contributed by atoms with E-state index in [0.29, 0.717) is 19.0 Å². The molecule has 21 heavy (non-hydrogen) atoms. The molecule has 1 aromatic rings. The first-order valence-electron chi connectivity index (χ1n) is 7.62. The van der Waals surface area contributed by atoms with E-state index in [1.54, 1.807) is 0 Å². The van der Waals surface area contributed by atoms with Gasteiger partial charge in [-0.1, -0.05) is 36.8 Å². The summed E-state index contributed by atoms with van der Waals surface area (Å²) in [5.74, 6) is -0.762. The maximum absolute atomic E-state index is 12.2. The van der Waals surface area contributed by atoms with Crippen molar-refractivity contribution in [3.63, 3.8) is 0 Å². The SMILES string of the molecule is CN1CCCCC1CNC(=O)C(C#N)Cc1ccccc1. The van der Waals surface area contributed by atoms with Gasteiger partial charge in [-0.25, -0.2) is 0 Å². The quantitative estimate of drug-likeness (QED) is 0.900. The first-order valence-corrected chi connectivity index (χ1v) is 7.62. The van der Waals surface area contributed by atoms with Crippen molar-refractivity contribution >= 4 is 5.91 Å². The van der Waals surface area contributed by atoms with Gasteiger partial charge in [0.25, 0.3) is 0 Å². The summed E-state index contributed by atoms with van der Waals surface area (Å²) in [4.78, 5) is 14.5. The van der Waals surface area contributed by atoms with Gasteiger partial charge in [0.15, 0.2) is 0 Å². The normalized spacial score (nSPS) is 20.5. The molecule has 2 atom stereocenters. The number of piperidine rings is 1. The number of nitrogens with one attached hydrogen (secondary N) is 1. The van der Waals surface area contributed by atoms with Gasteiger partial charge in [0.1, 0.15) is 5.92 Å². The number of carbonyl (C=O) groups excluding carboxylic acids is 1. The summed E-state index contributed by atoms with van der Waals surface area (Å²) >= 11 is 0. The maximum Gasteiger partial charge on any atom is 0.237 e. The number of likely N-dealkylation sites (tertiary alicyclic amines) is 1. The third-order valence-corrected chi connectivity index (χ3v) is 4.19. The van der Waals surface area contributed by atoms with Crippen LogP contribution in [-0.4, -0.2) is 37.0 Å². The van der Waals surface area contributed by atoms with Crippen LogP contribution < -0.4 is 5.32 Å². The van der Waals surface area contributed by atoms with Crippen LogP contribution in [0.4, 0.5) is 0 Å². The number of amides is 1. The predicted molar refractivity (Wildman–Crippen MR) is 82.5 cm³/mol. The van der Waals surface area contributed by atoms with Crippen LogP contribution in [0.15, 0.2) is 30.3 Å². The van der Waals surface area contributed by atoms with Crippen LogP contribution in [0.3, 0.4) is 0 Å². The molecule has 0 bridgehead atoms. The minimum absolute atomic E-state index is 0.152. The van der Waals surface area contributed by atoms with E-state index in [1.807, 2.05) is 30.3 Å². The van der Waals surface area contributed by atoms with Gasteiger partial charge in [-0.3, -0.25) is 4.79 Å². The molecule has 1 aliphatic heterocycles. The molecule has 1 N–H and O–H groups in total.